The number of hydrogen-bond acceptors (Lipinski definition) is 8. The molecule has 0 spiro atoms. The molecule has 0 radical (unpaired) electrons. The fourth-order valence-corrected chi connectivity index (χ4v) is 3.03. The lowest BCUT2D eigenvalue weighted by atomic mass is 9.97. The molecule has 2 rings (SSSR count). The first-order valence-electron chi connectivity index (χ1n) is 7.13. The van der Waals surface area contributed by atoms with Gasteiger partial charge in [-0.3, -0.25) is 4.79 Å². The number of nitrogens with two attached hydrogens (primary N) is 1. The van der Waals surface area contributed by atoms with Crippen LogP contribution in [0, 0.1) is 17.2 Å². The van der Waals surface area contributed by atoms with E-state index >= 15 is 0 Å². The van der Waals surface area contributed by atoms with Crippen LogP contribution in [0.25, 0.3) is 0 Å². The number of nitrogen functional groups attached to an aromatic ring is 1. The molecule has 22 heavy (non-hydrogen) atoms. The van der Waals surface area contributed by atoms with E-state index in [1.807, 2.05) is 11.2 Å². The number of thioether (sulfide) groups is 1. The Labute approximate surface area is 133 Å². The van der Waals surface area contributed by atoms with Crippen LogP contribution in [0.15, 0.2) is 5.03 Å². The molecule has 0 saturated carbocycles. The highest BCUT2D eigenvalue weighted by Crippen LogP contribution is 2.30. The highest BCUT2D eigenvalue weighted by molar-refractivity contribution is 7.98. The molecule has 2 heterocycles. The third-order valence-electron chi connectivity index (χ3n) is 3.59. The molecule has 1 aromatic rings. The molecular weight excluding hydrogens is 302 g/mol. The number of carbonyl (C=O) groups excluding carboxylic acids is 1. The average molecular weight is 321 g/mol. The minimum absolute atomic E-state index is 0.0825. The van der Waals surface area contributed by atoms with Crippen molar-refractivity contribution in [1.82, 2.24) is 9.97 Å². The van der Waals surface area contributed by atoms with Crippen molar-refractivity contribution in [2.45, 2.75) is 24.8 Å². The predicted molar refractivity (Wildman–Crippen MR) is 84.5 cm³/mol. The molecule has 0 aromatic carbocycles. The van der Waals surface area contributed by atoms with Gasteiger partial charge >= 0.3 is 5.97 Å². The van der Waals surface area contributed by atoms with Crippen LogP contribution in [0.3, 0.4) is 0 Å². The number of piperidine rings is 1. The monoisotopic (exact) mass is 321 g/mol. The van der Waals surface area contributed by atoms with Crippen LogP contribution in [0.2, 0.25) is 0 Å². The Hall–Kier alpha value is -2.01. The number of anilines is 2. The smallest absolute Gasteiger partial charge is 0.309 e. The third-order valence-corrected chi connectivity index (χ3v) is 4.28. The van der Waals surface area contributed by atoms with Gasteiger partial charge in [0.25, 0.3) is 0 Å². The predicted octanol–water partition coefficient (Wildman–Crippen LogP) is 1.43. The van der Waals surface area contributed by atoms with Gasteiger partial charge in [-0.15, -0.1) is 11.8 Å². The minimum atomic E-state index is -0.144. The first-order valence-corrected chi connectivity index (χ1v) is 8.36. The summed E-state index contributed by atoms with van der Waals surface area (Å²) in [5, 5.41) is 9.96. The lowest BCUT2D eigenvalue weighted by Crippen LogP contribution is -2.38. The molecule has 1 aromatic heterocycles. The van der Waals surface area contributed by atoms with Gasteiger partial charge < -0.3 is 15.4 Å². The zero-order chi connectivity index (χ0) is 16.1. The average Bonchev–Trinajstić information content (AvgIpc) is 2.54. The van der Waals surface area contributed by atoms with Crippen LogP contribution in [-0.2, 0) is 9.53 Å². The van der Waals surface area contributed by atoms with Crippen molar-refractivity contribution in [3.8, 4) is 6.07 Å². The zero-order valence-corrected chi connectivity index (χ0v) is 13.5. The summed E-state index contributed by atoms with van der Waals surface area (Å²) >= 11 is 1.37. The van der Waals surface area contributed by atoms with E-state index in [1.165, 1.54) is 11.8 Å². The van der Waals surface area contributed by atoms with Crippen molar-refractivity contribution in [1.29, 1.82) is 5.26 Å². The topological polar surface area (TPSA) is 105 Å². The van der Waals surface area contributed by atoms with Crippen molar-refractivity contribution < 1.29 is 9.53 Å². The van der Waals surface area contributed by atoms with Gasteiger partial charge in [-0.25, -0.2) is 4.98 Å². The minimum Gasteiger partial charge on any atom is -0.466 e. The summed E-state index contributed by atoms with van der Waals surface area (Å²) in [7, 11) is 0. The summed E-state index contributed by atoms with van der Waals surface area (Å²) in [6.07, 6.45) is 3.21. The molecule has 7 nitrogen and oxygen atoms in total. The number of hydrogen-bond donors (Lipinski definition) is 1. The van der Waals surface area contributed by atoms with E-state index < -0.39 is 0 Å². The Morgan fingerprint density at radius 1 is 1.50 bits per heavy atom. The molecule has 1 saturated heterocycles. The van der Waals surface area contributed by atoms with Crippen LogP contribution in [0.1, 0.15) is 25.3 Å². The van der Waals surface area contributed by atoms with Gasteiger partial charge in [0.05, 0.1) is 12.5 Å². The molecule has 1 aliphatic rings. The Balaban J connectivity index is 2.16. The second-order valence-corrected chi connectivity index (χ2v) is 5.71. The maximum Gasteiger partial charge on any atom is 0.309 e. The second-order valence-electron chi connectivity index (χ2n) is 4.91. The molecular formula is C14H19N5O2S. The summed E-state index contributed by atoms with van der Waals surface area (Å²) in [5.74, 6) is 0.489. The van der Waals surface area contributed by atoms with Gasteiger partial charge in [0.1, 0.15) is 16.7 Å². The van der Waals surface area contributed by atoms with Gasteiger partial charge in [0, 0.05) is 13.1 Å². The molecule has 0 aliphatic carbocycles. The quantitative estimate of drug-likeness (QED) is 0.504. The van der Waals surface area contributed by atoms with Crippen molar-refractivity contribution in [3.63, 3.8) is 0 Å². The Morgan fingerprint density at radius 2 is 2.18 bits per heavy atom. The molecule has 2 N–H and O–H groups in total. The second kappa shape index (κ2) is 7.31. The van der Waals surface area contributed by atoms with Crippen LogP contribution >= 0.6 is 11.8 Å². The molecule has 1 aliphatic heterocycles. The van der Waals surface area contributed by atoms with Crippen LogP contribution in [0.4, 0.5) is 11.8 Å². The number of carbonyl (C=O) groups is 1. The lowest BCUT2D eigenvalue weighted by Gasteiger charge is -2.32. The van der Waals surface area contributed by atoms with Gasteiger partial charge in [0.2, 0.25) is 5.95 Å². The first kappa shape index (κ1) is 16.4. The lowest BCUT2D eigenvalue weighted by molar-refractivity contribution is -0.148. The molecule has 1 fully saturated rings. The van der Waals surface area contributed by atoms with Crippen LogP contribution < -0.4 is 10.6 Å². The molecule has 0 amide bonds. The molecule has 118 valence electrons. The fraction of sp³-hybridized carbons (Fsp3) is 0.571. The Bertz CT molecular complexity index is 594. The molecule has 0 bridgehead atoms. The van der Waals surface area contributed by atoms with Gasteiger partial charge in [-0.1, -0.05) is 0 Å². The number of ether oxygens (including phenoxy) is 1. The number of rotatable bonds is 4. The summed E-state index contributed by atoms with van der Waals surface area (Å²) < 4.78 is 5.06. The van der Waals surface area contributed by atoms with Gasteiger partial charge in [-0.05, 0) is 26.0 Å². The molecule has 0 atom stereocenters. The van der Waals surface area contributed by atoms with E-state index in [0.29, 0.717) is 48.9 Å². The Kier molecular flexibility index (Phi) is 5.44. The maximum absolute atomic E-state index is 11.8. The first-order chi connectivity index (χ1) is 10.6. The van der Waals surface area contributed by atoms with E-state index in [4.69, 9.17) is 10.5 Å². The van der Waals surface area contributed by atoms with Crippen LogP contribution in [-0.4, -0.2) is 41.9 Å². The SMILES string of the molecule is CCOC(=O)C1CCN(c2nc(N)nc(SC)c2C#N)CC1. The van der Waals surface area contributed by atoms with E-state index in [9.17, 15) is 10.1 Å². The van der Waals surface area contributed by atoms with Crippen molar-refractivity contribution >= 4 is 29.5 Å². The number of nitriles is 1. The number of esters is 1. The number of nitrogens with zero attached hydrogens (tertiary/aromatic N) is 4. The van der Waals surface area contributed by atoms with E-state index in [1.54, 1.807) is 6.92 Å². The van der Waals surface area contributed by atoms with E-state index in [2.05, 4.69) is 16.0 Å². The van der Waals surface area contributed by atoms with Gasteiger partial charge in [-0.2, -0.15) is 10.2 Å². The van der Waals surface area contributed by atoms with E-state index in [0.717, 1.165) is 0 Å². The zero-order valence-electron chi connectivity index (χ0n) is 12.7. The highest BCUT2D eigenvalue weighted by atomic mass is 32.2. The summed E-state index contributed by atoms with van der Waals surface area (Å²) in [5.41, 5.74) is 6.18. The van der Waals surface area contributed by atoms with E-state index in [-0.39, 0.29) is 17.8 Å². The molecule has 8 heteroatoms. The number of aromatic nitrogens is 2. The van der Waals surface area contributed by atoms with Crippen LogP contribution in [0.5, 0.6) is 0 Å². The largest absolute Gasteiger partial charge is 0.466 e. The maximum atomic E-state index is 11.8. The fourth-order valence-electron chi connectivity index (χ4n) is 2.51. The summed E-state index contributed by atoms with van der Waals surface area (Å²) in [4.78, 5) is 22.1. The molecule has 0 unspecified atom stereocenters. The normalized spacial score (nSPS) is 15.4. The highest BCUT2D eigenvalue weighted by Gasteiger charge is 2.28. The standard InChI is InChI=1S/C14H19N5O2S/c1-3-21-13(20)9-4-6-19(7-5-9)11-10(8-15)12(22-2)18-14(16)17-11/h9H,3-7H2,1-2H3,(H2,16,17,18). The third kappa shape index (κ3) is 3.42. The van der Waals surface area contributed by atoms with Crippen molar-refractivity contribution in [2.24, 2.45) is 5.92 Å². The summed E-state index contributed by atoms with van der Waals surface area (Å²) in [6, 6.07) is 2.16. The van der Waals surface area contributed by atoms with Crippen molar-refractivity contribution in [3.05, 3.63) is 5.56 Å². The van der Waals surface area contributed by atoms with Gasteiger partial charge in [0.15, 0.2) is 5.82 Å². The van der Waals surface area contributed by atoms with Crippen molar-refractivity contribution in [2.75, 3.05) is 36.6 Å². The summed E-state index contributed by atoms with van der Waals surface area (Å²) in [6.45, 7) is 3.49. The Morgan fingerprint density at radius 3 is 2.73 bits per heavy atom.